The van der Waals surface area contributed by atoms with Crippen molar-refractivity contribution in [2.24, 2.45) is 5.84 Å². The lowest BCUT2D eigenvalue weighted by atomic mass is 10.0. The molecule has 16 heavy (non-hydrogen) atoms. The Morgan fingerprint density at radius 2 is 2.12 bits per heavy atom. The maximum Gasteiger partial charge on any atom is 0.137 e. The number of nitrogens with one attached hydrogen (secondary N) is 1. The quantitative estimate of drug-likeness (QED) is 0.673. The van der Waals surface area contributed by atoms with Crippen LogP contribution in [-0.2, 0) is 0 Å². The smallest absolute Gasteiger partial charge is 0.137 e. The minimum atomic E-state index is -0.318. The molecule has 1 atom stereocenters. The van der Waals surface area contributed by atoms with E-state index in [9.17, 15) is 4.39 Å². The average molecular weight is 285 g/mol. The molecule has 0 bridgehead atoms. The van der Waals surface area contributed by atoms with Crippen molar-refractivity contribution in [1.82, 2.24) is 5.43 Å². The maximum absolute atomic E-state index is 13.4. The Morgan fingerprint density at radius 3 is 2.69 bits per heavy atom. The normalized spacial score (nSPS) is 12.7. The van der Waals surface area contributed by atoms with Crippen LogP contribution in [0.4, 0.5) is 4.39 Å². The van der Waals surface area contributed by atoms with Gasteiger partial charge in [0, 0.05) is 5.56 Å². The summed E-state index contributed by atoms with van der Waals surface area (Å²) in [6, 6.07) is 6.38. The first-order valence-electron chi connectivity index (χ1n) is 4.65. The van der Waals surface area contributed by atoms with Gasteiger partial charge in [-0.3, -0.25) is 5.84 Å². The van der Waals surface area contributed by atoms with E-state index in [-0.39, 0.29) is 11.9 Å². The van der Waals surface area contributed by atoms with Gasteiger partial charge in [-0.25, -0.2) is 9.82 Å². The van der Waals surface area contributed by atoms with E-state index in [1.165, 1.54) is 6.07 Å². The highest BCUT2D eigenvalue weighted by molar-refractivity contribution is 9.10. The van der Waals surface area contributed by atoms with Crippen molar-refractivity contribution < 1.29 is 8.81 Å². The van der Waals surface area contributed by atoms with Gasteiger partial charge in [-0.15, -0.1) is 0 Å². The molecule has 2 aromatic rings. The third kappa shape index (κ3) is 2.16. The number of rotatable bonds is 3. The summed E-state index contributed by atoms with van der Waals surface area (Å²) in [6.45, 7) is 0. The molecular weight excluding hydrogens is 275 g/mol. The summed E-state index contributed by atoms with van der Waals surface area (Å²) in [7, 11) is 0. The van der Waals surface area contributed by atoms with Crippen molar-refractivity contribution in [3.8, 4) is 0 Å². The van der Waals surface area contributed by atoms with Crippen molar-refractivity contribution in [3.05, 3.63) is 58.2 Å². The van der Waals surface area contributed by atoms with E-state index in [0.717, 1.165) is 11.1 Å². The molecule has 2 rings (SSSR count). The summed E-state index contributed by atoms with van der Waals surface area (Å²) in [5, 5.41) is 0. The molecule has 5 heteroatoms. The third-order valence-corrected chi connectivity index (χ3v) is 2.96. The Morgan fingerprint density at radius 1 is 1.31 bits per heavy atom. The third-order valence-electron chi connectivity index (χ3n) is 2.32. The van der Waals surface area contributed by atoms with Gasteiger partial charge >= 0.3 is 0 Å². The first-order chi connectivity index (χ1) is 7.72. The minimum Gasteiger partial charge on any atom is -0.472 e. The largest absolute Gasteiger partial charge is 0.472 e. The van der Waals surface area contributed by atoms with E-state index in [4.69, 9.17) is 10.3 Å². The fourth-order valence-electron chi connectivity index (χ4n) is 1.52. The molecule has 1 heterocycles. The SMILES string of the molecule is NNC(c1ccoc1)c1ccc(Br)c(F)c1. The summed E-state index contributed by atoms with van der Waals surface area (Å²) in [5.41, 5.74) is 4.22. The van der Waals surface area contributed by atoms with Crippen molar-refractivity contribution in [2.45, 2.75) is 6.04 Å². The van der Waals surface area contributed by atoms with Crippen LogP contribution < -0.4 is 11.3 Å². The van der Waals surface area contributed by atoms with Gasteiger partial charge in [0.15, 0.2) is 0 Å². The molecule has 0 fully saturated rings. The Labute approximate surface area is 101 Å². The molecule has 0 saturated heterocycles. The van der Waals surface area contributed by atoms with E-state index < -0.39 is 0 Å². The van der Waals surface area contributed by atoms with Crippen LogP contribution in [0.1, 0.15) is 17.2 Å². The Bertz CT molecular complexity index is 473. The number of halogens is 2. The molecule has 3 nitrogen and oxygen atoms in total. The highest BCUT2D eigenvalue weighted by Gasteiger charge is 2.14. The fraction of sp³-hybridized carbons (Fsp3) is 0.0909. The van der Waals surface area contributed by atoms with Crippen LogP contribution in [0.2, 0.25) is 0 Å². The van der Waals surface area contributed by atoms with Gasteiger partial charge < -0.3 is 4.42 Å². The molecule has 84 valence electrons. The topological polar surface area (TPSA) is 51.2 Å². The predicted octanol–water partition coefficient (Wildman–Crippen LogP) is 2.73. The molecule has 1 unspecified atom stereocenters. The molecule has 3 N–H and O–H groups in total. The summed E-state index contributed by atoms with van der Waals surface area (Å²) in [5.74, 6) is 5.14. The maximum atomic E-state index is 13.4. The van der Waals surface area contributed by atoms with Gasteiger partial charge in [0.1, 0.15) is 5.82 Å². The average Bonchev–Trinajstić information content (AvgIpc) is 2.78. The van der Waals surface area contributed by atoms with Crippen molar-refractivity contribution >= 4 is 15.9 Å². The Hall–Kier alpha value is -1.17. The molecule has 0 radical (unpaired) electrons. The monoisotopic (exact) mass is 284 g/mol. The molecule has 1 aromatic heterocycles. The van der Waals surface area contributed by atoms with Crippen molar-refractivity contribution in [1.29, 1.82) is 0 Å². The molecule has 0 spiro atoms. The molecule has 0 aliphatic carbocycles. The number of hydrogen-bond acceptors (Lipinski definition) is 3. The molecule has 0 saturated carbocycles. The standard InChI is InChI=1S/C11H10BrFN2O/c12-9-2-1-7(5-10(9)13)11(15-14)8-3-4-16-6-8/h1-6,11,15H,14H2. The first kappa shape index (κ1) is 11.3. The van der Waals surface area contributed by atoms with E-state index in [0.29, 0.717) is 4.47 Å². The second-order valence-corrected chi connectivity index (χ2v) is 4.18. The molecule has 0 aliphatic rings. The van der Waals surface area contributed by atoms with Crippen LogP contribution in [0.5, 0.6) is 0 Å². The number of benzene rings is 1. The number of hydrogen-bond donors (Lipinski definition) is 2. The van der Waals surface area contributed by atoms with Gasteiger partial charge in [-0.2, -0.15) is 0 Å². The summed E-state index contributed by atoms with van der Waals surface area (Å²) in [4.78, 5) is 0. The minimum absolute atomic E-state index is 0.277. The lowest BCUT2D eigenvalue weighted by molar-refractivity contribution is 0.551. The van der Waals surface area contributed by atoms with Gasteiger partial charge in [0.2, 0.25) is 0 Å². The summed E-state index contributed by atoms with van der Waals surface area (Å²) >= 11 is 3.10. The van der Waals surface area contributed by atoms with E-state index >= 15 is 0 Å². The van der Waals surface area contributed by atoms with Gasteiger partial charge in [0.25, 0.3) is 0 Å². The van der Waals surface area contributed by atoms with E-state index in [1.54, 1.807) is 30.7 Å². The van der Waals surface area contributed by atoms with Crippen molar-refractivity contribution in [3.63, 3.8) is 0 Å². The fourth-order valence-corrected chi connectivity index (χ4v) is 1.76. The molecule has 0 aliphatic heterocycles. The molecular formula is C11H10BrFN2O. The van der Waals surface area contributed by atoms with Crippen molar-refractivity contribution in [2.75, 3.05) is 0 Å². The number of furan rings is 1. The van der Waals surface area contributed by atoms with Crippen LogP contribution in [0.3, 0.4) is 0 Å². The first-order valence-corrected chi connectivity index (χ1v) is 5.45. The van der Waals surface area contributed by atoms with Crippen LogP contribution in [0.15, 0.2) is 45.7 Å². The Kier molecular flexibility index (Phi) is 3.38. The summed E-state index contributed by atoms with van der Waals surface area (Å²) in [6.07, 6.45) is 3.12. The zero-order chi connectivity index (χ0) is 11.5. The highest BCUT2D eigenvalue weighted by atomic mass is 79.9. The Balaban J connectivity index is 2.37. The summed E-state index contributed by atoms with van der Waals surface area (Å²) < 4.78 is 18.8. The van der Waals surface area contributed by atoms with E-state index in [2.05, 4.69) is 21.4 Å². The van der Waals surface area contributed by atoms with Gasteiger partial charge in [0.05, 0.1) is 23.0 Å². The van der Waals surface area contributed by atoms with E-state index in [1.807, 2.05) is 0 Å². The highest BCUT2D eigenvalue weighted by Crippen LogP contribution is 2.25. The second-order valence-electron chi connectivity index (χ2n) is 3.33. The van der Waals surface area contributed by atoms with Crippen LogP contribution >= 0.6 is 15.9 Å². The van der Waals surface area contributed by atoms with Crippen LogP contribution in [0.25, 0.3) is 0 Å². The van der Waals surface area contributed by atoms with Gasteiger partial charge in [-0.1, -0.05) is 6.07 Å². The van der Waals surface area contributed by atoms with Gasteiger partial charge in [-0.05, 0) is 39.7 Å². The number of nitrogens with two attached hydrogens (primary N) is 1. The van der Waals surface area contributed by atoms with Crippen LogP contribution in [0, 0.1) is 5.82 Å². The predicted molar refractivity (Wildman–Crippen MR) is 62.0 cm³/mol. The second kappa shape index (κ2) is 4.78. The molecule has 0 amide bonds. The zero-order valence-corrected chi connectivity index (χ0v) is 9.87. The van der Waals surface area contributed by atoms with Crippen LogP contribution in [-0.4, -0.2) is 0 Å². The lowest BCUT2D eigenvalue weighted by Crippen LogP contribution is -2.28. The molecule has 1 aromatic carbocycles. The number of hydrazine groups is 1. The lowest BCUT2D eigenvalue weighted by Gasteiger charge is -2.14. The zero-order valence-electron chi connectivity index (χ0n) is 8.28.